The minimum Gasteiger partial charge on any atom is -0.465 e. The van der Waals surface area contributed by atoms with Crippen molar-refractivity contribution in [2.24, 2.45) is 0 Å². The quantitative estimate of drug-likeness (QED) is 0.197. The van der Waals surface area contributed by atoms with Crippen LogP contribution in [0.3, 0.4) is 0 Å². The summed E-state index contributed by atoms with van der Waals surface area (Å²) in [6, 6.07) is 8.08. The van der Waals surface area contributed by atoms with Crippen LogP contribution in [0.25, 0.3) is 11.4 Å². The highest BCUT2D eigenvalue weighted by Crippen LogP contribution is 2.38. The molecule has 2 heterocycles. The van der Waals surface area contributed by atoms with Crippen molar-refractivity contribution in [2.75, 3.05) is 18.2 Å². The second kappa shape index (κ2) is 11.0. The highest BCUT2D eigenvalue weighted by atomic mass is 32.2. The van der Waals surface area contributed by atoms with Crippen LogP contribution in [-0.4, -0.2) is 39.5 Å². The lowest BCUT2D eigenvalue weighted by Gasteiger charge is -2.09. The number of carbonyl (C=O) groups excluding carboxylic acids is 2. The molecule has 178 valence electrons. The van der Waals surface area contributed by atoms with E-state index in [-0.39, 0.29) is 11.7 Å². The molecule has 34 heavy (non-hydrogen) atoms. The number of esters is 1. The van der Waals surface area contributed by atoms with Crippen molar-refractivity contribution in [2.45, 2.75) is 50.7 Å². The van der Waals surface area contributed by atoms with Crippen LogP contribution in [0.4, 0.5) is 5.00 Å². The Hall–Kier alpha value is -2.91. The maximum atomic E-state index is 12.9. The third-order valence-electron chi connectivity index (χ3n) is 5.73. The van der Waals surface area contributed by atoms with Gasteiger partial charge in [0.05, 0.1) is 18.4 Å². The molecule has 0 saturated heterocycles. The molecular weight excluding hydrogens is 468 g/mol. The Bertz CT molecular complexity index is 1200. The van der Waals surface area contributed by atoms with Gasteiger partial charge in [0.25, 0.3) is 0 Å². The lowest BCUT2D eigenvalue weighted by molar-refractivity contribution is -0.113. The number of fused-ring (bicyclic) bond motifs is 1. The molecule has 0 spiro atoms. The van der Waals surface area contributed by atoms with Gasteiger partial charge in [-0.3, -0.25) is 9.36 Å². The molecule has 1 aliphatic carbocycles. The SMILES string of the molecule is C=CCn1c(SCC(=O)Nc2sc3c(c2C(=O)OC)CCCCC3)nnc1-c1ccc(C)cc1. The first kappa shape index (κ1) is 24.2. The van der Waals surface area contributed by atoms with E-state index in [0.29, 0.717) is 22.3 Å². The summed E-state index contributed by atoms with van der Waals surface area (Å²) in [5.74, 6) is 0.289. The van der Waals surface area contributed by atoms with Crippen LogP contribution in [0.5, 0.6) is 0 Å². The standard InChI is InChI=1S/C25H28N4O3S2/c1-4-14-29-22(17-12-10-16(2)11-13-17)27-28-25(29)33-15-20(30)26-23-21(24(31)32-3)18-8-6-5-7-9-19(18)34-23/h4,10-13H,1,5-9,14-15H2,2-3H3,(H,26,30). The number of aromatic nitrogens is 3. The van der Waals surface area contributed by atoms with Gasteiger partial charge in [0, 0.05) is 17.0 Å². The van der Waals surface area contributed by atoms with Gasteiger partial charge in [-0.15, -0.1) is 28.1 Å². The van der Waals surface area contributed by atoms with E-state index in [0.717, 1.165) is 49.1 Å². The van der Waals surface area contributed by atoms with Crippen LogP contribution in [-0.2, 0) is 28.9 Å². The number of nitrogens with zero attached hydrogens (tertiary/aromatic N) is 3. The molecule has 1 aromatic carbocycles. The first-order chi connectivity index (χ1) is 16.5. The van der Waals surface area contributed by atoms with Crippen LogP contribution in [0.1, 0.15) is 45.6 Å². The molecule has 0 atom stereocenters. The summed E-state index contributed by atoms with van der Waals surface area (Å²) in [5, 5.41) is 12.8. The molecule has 0 fully saturated rings. The molecule has 0 aliphatic heterocycles. The summed E-state index contributed by atoms with van der Waals surface area (Å²) in [4.78, 5) is 26.5. The first-order valence-corrected chi connectivity index (χ1v) is 13.1. The van der Waals surface area contributed by atoms with Crippen LogP contribution in [0.2, 0.25) is 0 Å². The Balaban J connectivity index is 1.50. The van der Waals surface area contributed by atoms with E-state index in [1.165, 1.54) is 40.6 Å². The fourth-order valence-electron chi connectivity index (χ4n) is 4.05. The zero-order valence-corrected chi connectivity index (χ0v) is 21.1. The van der Waals surface area contributed by atoms with Crippen LogP contribution >= 0.6 is 23.1 Å². The number of methoxy groups -OCH3 is 1. The number of anilines is 1. The molecular formula is C25H28N4O3S2. The zero-order chi connectivity index (χ0) is 24.1. The Morgan fingerprint density at radius 2 is 1.97 bits per heavy atom. The maximum Gasteiger partial charge on any atom is 0.341 e. The van der Waals surface area contributed by atoms with Gasteiger partial charge in [-0.05, 0) is 38.2 Å². The second-order valence-corrected chi connectivity index (χ2v) is 10.2. The van der Waals surface area contributed by atoms with Crippen molar-refractivity contribution in [3.8, 4) is 11.4 Å². The van der Waals surface area contributed by atoms with Crippen molar-refractivity contribution in [1.29, 1.82) is 0 Å². The molecule has 1 aliphatic rings. The Morgan fingerprint density at radius 3 is 2.71 bits per heavy atom. The summed E-state index contributed by atoms with van der Waals surface area (Å²) in [6.07, 6.45) is 6.84. The van der Waals surface area contributed by atoms with E-state index in [2.05, 4.69) is 22.1 Å². The van der Waals surface area contributed by atoms with Crippen LogP contribution < -0.4 is 5.32 Å². The summed E-state index contributed by atoms with van der Waals surface area (Å²) in [6.45, 7) is 6.41. The number of ether oxygens (including phenoxy) is 1. The predicted molar refractivity (Wildman–Crippen MR) is 137 cm³/mol. The monoisotopic (exact) mass is 496 g/mol. The number of thiophene rings is 1. The highest BCUT2D eigenvalue weighted by molar-refractivity contribution is 7.99. The lowest BCUT2D eigenvalue weighted by atomic mass is 10.1. The normalized spacial score (nSPS) is 13.1. The molecule has 0 unspecified atom stereocenters. The molecule has 1 N–H and O–H groups in total. The number of nitrogens with one attached hydrogen (secondary N) is 1. The lowest BCUT2D eigenvalue weighted by Crippen LogP contribution is -2.16. The molecule has 7 nitrogen and oxygen atoms in total. The van der Waals surface area contributed by atoms with Crippen molar-refractivity contribution in [3.63, 3.8) is 0 Å². The first-order valence-electron chi connectivity index (χ1n) is 11.3. The zero-order valence-electron chi connectivity index (χ0n) is 19.4. The topological polar surface area (TPSA) is 86.1 Å². The van der Waals surface area contributed by atoms with Crippen molar-refractivity contribution in [3.05, 3.63) is 58.5 Å². The number of hydrogen-bond donors (Lipinski definition) is 1. The molecule has 9 heteroatoms. The molecule has 4 rings (SSSR count). The number of benzene rings is 1. The summed E-state index contributed by atoms with van der Waals surface area (Å²) < 4.78 is 6.98. The smallest absolute Gasteiger partial charge is 0.341 e. The number of carbonyl (C=O) groups is 2. The van der Waals surface area contributed by atoms with Gasteiger partial charge in [-0.1, -0.05) is 54.1 Å². The van der Waals surface area contributed by atoms with Crippen LogP contribution in [0, 0.1) is 6.92 Å². The molecule has 0 bridgehead atoms. The van der Waals surface area contributed by atoms with Crippen LogP contribution in [0.15, 0.2) is 42.1 Å². The molecule has 3 aromatic rings. The number of rotatable bonds is 8. The third kappa shape index (κ3) is 5.26. The van der Waals surface area contributed by atoms with E-state index >= 15 is 0 Å². The van der Waals surface area contributed by atoms with Crippen molar-refractivity contribution < 1.29 is 14.3 Å². The number of thioether (sulfide) groups is 1. The largest absolute Gasteiger partial charge is 0.465 e. The molecule has 0 saturated carbocycles. The predicted octanol–water partition coefficient (Wildman–Crippen LogP) is 5.29. The summed E-state index contributed by atoms with van der Waals surface area (Å²) in [7, 11) is 1.38. The van der Waals surface area contributed by atoms with E-state index in [1.807, 2.05) is 35.8 Å². The number of allylic oxidation sites excluding steroid dienone is 1. The average Bonchev–Trinajstić information content (AvgIpc) is 3.30. The highest BCUT2D eigenvalue weighted by Gasteiger charge is 2.26. The fraction of sp³-hybridized carbons (Fsp3) is 0.360. The van der Waals surface area contributed by atoms with Gasteiger partial charge in [-0.25, -0.2) is 4.79 Å². The Morgan fingerprint density at radius 1 is 1.21 bits per heavy atom. The Kier molecular flexibility index (Phi) is 7.84. The van der Waals surface area contributed by atoms with Gasteiger partial charge in [0.1, 0.15) is 5.00 Å². The van der Waals surface area contributed by atoms with Gasteiger partial charge in [0.15, 0.2) is 11.0 Å². The van der Waals surface area contributed by atoms with Gasteiger partial charge < -0.3 is 10.1 Å². The molecule has 1 amide bonds. The maximum absolute atomic E-state index is 12.9. The number of hydrogen-bond acceptors (Lipinski definition) is 7. The third-order valence-corrected chi connectivity index (χ3v) is 7.91. The Labute approximate surface area is 207 Å². The van der Waals surface area contributed by atoms with E-state index in [4.69, 9.17) is 4.74 Å². The van der Waals surface area contributed by atoms with E-state index in [1.54, 1.807) is 6.08 Å². The van der Waals surface area contributed by atoms with Gasteiger partial charge in [0.2, 0.25) is 5.91 Å². The minimum atomic E-state index is -0.393. The number of aryl methyl sites for hydroxylation is 2. The average molecular weight is 497 g/mol. The number of amides is 1. The van der Waals surface area contributed by atoms with Crippen molar-refractivity contribution in [1.82, 2.24) is 14.8 Å². The van der Waals surface area contributed by atoms with Crippen molar-refractivity contribution >= 4 is 40.0 Å². The van der Waals surface area contributed by atoms with E-state index < -0.39 is 5.97 Å². The second-order valence-electron chi connectivity index (χ2n) is 8.17. The van der Waals surface area contributed by atoms with Gasteiger partial charge in [-0.2, -0.15) is 0 Å². The van der Waals surface area contributed by atoms with E-state index in [9.17, 15) is 9.59 Å². The minimum absolute atomic E-state index is 0.145. The summed E-state index contributed by atoms with van der Waals surface area (Å²) >= 11 is 2.80. The fourth-order valence-corrected chi connectivity index (χ4v) is 6.09. The molecule has 2 aromatic heterocycles. The molecule has 0 radical (unpaired) electrons. The van der Waals surface area contributed by atoms with Gasteiger partial charge >= 0.3 is 5.97 Å². The summed E-state index contributed by atoms with van der Waals surface area (Å²) in [5.41, 5.74) is 3.67.